The molecule has 170 valence electrons. The van der Waals surface area contributed by atoms with Gasteiger partial charge in [-0.15, -0.1) is 0 Å². The zero-order valence-corrected chi connectivity index (χ0v) is 19.6. The van der Waals surface area contributed by atoms with Crippen molar-refractivity contribution in [2.45, 2.75) is 47.2 Å². The maximum Gasteiger partial charge on any atom is 0.242 e. The fraction of sp³-hybridized carbons (Fsp3) is 0.520. The van der Waals surface area contributed by atoms with E-state index in [1.165, 1.54) is 0 Å². The van der Waals surface area contributed by atoms with E-state index >= 15 is 0 Å². The molecular weight excluding hydrogens is 390 g/mol. The number of hydrogen-bond donors (Lipinski definition) is 0. The molecule has 6 heteroatoms. The molecule has 0 radical (unpaired) electrons. The Balaban J connectivity index is 2.18. The molecule has 31 heavy (non-hydrogen) atoms. The van der Waals surface area contributed by atoms with Crippen LogP contribution in [-0.4, -0.2) is 52.5 Å². The van der Waals surface area contributed by atoms with Gasteiger partial charge in [-0.1, -0.05) is 51.1 Å². The van der Waals surface area contributed by atoms with E-state index in [9.17, 15) is 9.59 Å². The van der Waals surface area contributed by atoms with Crippen molar-refractivity contribution in [2.24, 2.45) is 12.5 Å². The van der Waals surface area contributed by atoms with Gasteiger partial charge >= 0.3 is 0 Å². The minimum Gasteiger partial charge on any atom is -0.382 e. The standard InChI is InChI=1S/C25H37N3O3/c1-6-31-17-11-16-27(24(30)25(2,3)4)20-23(29)28(18-21-12-8-7-9-13-21)19-22-14-10-15-26(22)5/h7-10,12-15H,6,11,16-20H2,1-5H3. The Hall–Kier alpha value is -2.60. The lowest BCUT2D eigenvalue weighted by molar-refractivity contribution is -0.146. The van der Waals surface area contributed by atoms with E-state index in [4.69, 9.17) is 4.74 Å². The van der Waals surface area contributed by atoms with Gasteiger partial charge in [-0.05, 0) is 31.0 Å². The van der Waals surface area contributed by atoms with Crippen LogP contribution in [-0.2, 0) is 34.5 Å². The van der Waals surface area contributed by atoms with Gasteiger partial charge in [0.2, 0.25) is 11.8 Å². The van der Waals surface area contributed by atoms with Crippen molar-refractivity contribution in [1.29, 1.82) is 0 Å². The van der Waals surface area contributed by atoms with Gasteiger partial charge in [-0.3, -0.25) is 9.59 Å². The number of aryl methyl sites for hydroxylation is 1. The molecule has 1 aromatic carbocycles. The molecule has 0 saturated carbocycles. The van der Waals surface area contributed by atoms with Crippen molar-refractivity contribution in [3.8, 4) is 0 Å². The highest BCUT2D eigenvalue weighted by atomic mass is 16.5. The lowest BCUT2D eigenvalue weighted by Gasteiger charge is -2.32. The Morgan fingerprint density at radius 1 is 1.00 bits per heavy atom. The summed E-state index contributed by atoms with van der Waals surface area (Å²) in [6, 6.07) is 14.0. The van der Waals surface area contributed by atoms with Crippen LogP contribution in [0.15, 0.2) is 48.7 Å². The average Bonchev–Trinajstić information content (AvgIpc) is 3.13. The molecule has 2 aromatic rings. The molecule has 0 bridgehead atoms. The van der Waals surface area contributed by atoms with E-state index in [1.807, 2.05) is 92.9 Å². The number of carbonyl (C=O) groups is 2. The molecule has 0 N–H and O–H groups in total. The van der Waals surface area contributed by atoms with Crippen LogP contribution in [0.25, 0.3) is 0 Å². The maximum absolute atomic E-state index is 13.4. The zero-order chi connectivity index (χ0) is 22.9. The topological polar surface area (TPSA) is 54.8 Å². The van der Waals surface area contributed by atoms with Gasteiger partial charge in [0.05, 0.1) is 13.1 Å². The van der Waals surface area contributed by atoms with E-state index < -0.39 is 5.41 Å². The Morgan fingerprint density at radius 3 is 2.29 bits per heavy atom. The molecule has 0 fully saturated rings. The first kappa shape index (κ1) is 24.7. The molecular formula is C25H37N3O3. The number of amides is 2. The van der Waals surface area contributed by atoms with Crippen molar-refractivity contribution in [2.75, 3.05) is 26.3 Å². The van der Waals surface area contributed by atoms with E-state index in [0.717, 1.165) is 11.3 Å². The molecule has 1 aromatic heterocycles. The summed E-state index contributed by atoms with van der Waals surface area (Å²) in [5.41, 5.74) is 1.57. The molecule has 0 unspecified atom stereocenters. The molecule has 2 rings (SSSR count). The fourth-order valence-corrected chi connectivity index (χ4v) is 3.38. The Morgan fingerprint density at radius 2 is 1.71 bits per heavy atom. The second-order valence-electron chi connectivity index (χ2n) is 8.87. The SMILES string of the molecule is CCOCCCN(CC(=O)N(Cc1ccccc1)Cc1cccn1C)C(=O)C(C)(C)C. The number of hydrogen-bond acceptors (Lipinski definition) is 3. The van der Waals surface area contributed by atoms with Crippen molar-refractivity contribution in [1.82, 2.24) is 14.4 Å². The summed E-state index contributed by atoms with van der Waals surface area (Å²) in [6.07, 6.45) is 2.68. The third kappa shape index (κ3) is 7.87. The lowest BCUT2D eigenvalue weighted by atomic mass is 9.94. The predicted molar refractivity (Wildman–Crippen MR) is 123 cm³/mol. The van der Waals surface area contributed by atoms with Crippen LogP contribution >= 0.6 is 0 Å². The number of carbonyl (C=O) groups excluding carboxylic acids is 2. The normalized spacial score (nSPS) is 11.4. The van der Waals surface area contributed by atoms with Crippen molar-refractivity contribution >= 4 is 11.8 Å². The summed E-state index contributed by atoms with van der Waals surface area (Å²) in [5.74, 6) is -0.0741. The van der Waals surface area contributed by atoms with Crippen LogP contribution in [0.3, 0.4) is 0 Å². The van der Waals surface area contributed by atoms with E-state index in [2.05, 4.69) is 0 Å². The van der Waals surface area contributed by atoms with E-state index in [1.54, 1.807) is 4.90 Å². The summed E-state index contributed by atoms with van der Waals surface area (Å²) in [6.45, 7) is 10.4. The first-order chi connectivity index (χ1) is 14.7. The van der Waals surface area contributed by atoms with Gasteiger partial charge in [0.15, 0.2) is 0 Å². The minimum atomic E-state index is -0.547. The Labute approximate surface area is 186 Å². The summed E-state index contributed by atoms with van der Waals surface area (Å²) >= 11 is 0. The lowest BCUT2D eigenvalue weighted by Crippen LogP contribution is -2.46. The molecule has 0 atom stereocenters. The molecule has 0 aliphatic rings. The quantitative estimate of drug-likeness (QED) is 0.512. The van der Waals surface area contributed by atoms with Gasteiger partial charge < -0.3 is 19.1 Å². The molecule has 0 aliphatic carbocycles. The second-order valence-corrected chi connectivity index (χ2v) is 8.87. The van der Waals surface area contributed by atoms with Gasteiger partial charge in [0, 0.05) is 50.7 Å². The molecule has 1 heterocycles. The molecule has 0 saturated heterocycles. The van der Waals surface area contributed by atoms with Gasteiger partial charge in [0.1, 0.15) is 0 Å². The first-order valence-electron chi connectivity index (χ1n) is 11.0. The van der Waals surface area contributed by atoms with Crippen molar-refractivity contribution < 1.29 is 14.3 Å². The zero-order valence-electron chi connectivity index (χ0n) is 19.6. The van der Waals surface area contributed by atoms with Gasteiger partial charge in [0.25, 0.3) is 0 Å². The number of aromatic nitrogens is 1. The summed E-state index contributed by atoms with van der Waals surface area (Å²) in [4.78, 5) is 29.9. The van der Waals surface area contributed by atoms with Gasteiger partial charge in [-0.25, -0.2) is 0 Å². The fourth-order valence-electron chi connectivity index (χ4n) is 3.38. The summed E-state index contributed by atoms with van der Waals surface area (Å²) in [7, 11) is 1.98. The number of benzene rings is 1. The third-order valence-corrected chi connectivity index (χ3v) is 5.15. The van der Waals surface area contributed by atoms with Crippen LogP contribution in [0.4, 0.5) is 0 Å². The first-order valence-corrected chi connectivity index (χ1v) is 11.0. The van der Waals surface area contributed by atoms with Crippen molar-refractivity contribution in [3.05, 3.63) is 59.9 Å². The number of rotatable bonds is 11. The molecule has 6 nitrogen and oxygen atoms in total. The van der Waals surface area contributed by atoms with Gasteiger partial charge in [-0.2, -0.15) is 0 Å². The van der Waals surface area contributed by atoms with E-state index in [0.29, 0.717) is 39.3 Å². The summed E-state index contributed by atoms with van der Waals surface area (Å²) in [5, 5.41) is 0. The van der Waals surface area contributed by atoms with Crippen LogP contribution in [0.5, 0.6) is 0 Å². The highest BCUT2D eigenvalue weighted by Crippen LogP contribution is 2.19. The van der Waals surface area contributed by atoms with Crippen LogP contribution in [0.1, 0.15) is 45.4 Å². The minimum absolute atomic E-state index is 0.0177. The van der Waals surface area contributed by atoms with E-state index in [-0.39, 0.29) is 18.4 Å². The highest BCUT2D eigenvalue weighted by Gasteiger charge is 2.29. The average molecular weight is 428 g/mol. The van der Waals surface area contributed by atoms with Crippen LogP contribution < -0.4 is 0 Å². The Kier molecular flexibility index (Phi) is 9.31. The molecule has 0 spiro atoms. The largest absolute Gasteiger partial charge is 0.382 e. The highest BCUT2D eigenvalue weighted by molar-refractivity contribution is 5.87. The molecule has 2 amide bonds. The number of nitrogens with zero attached hydrogens (tertiary/aromatic N) is 3. The second kappa shape index (κ2) is 11.7. The monoisotopic (exact) mass is 427 g/mol. The van der Waals surface area contributed by atoms with Crippen LogP contribution in [0.2, 0.25) is 0 Å². The molecule has 0 aliphatic heterocycles. The maximum atomic E-state index is 13.4. The number of ether oxygens (including phenoxy) is 1. The smallest absolute Gasteiger partial charge is 0.242 e. The Bertz CT molecular complexity index is 824. The van der Waals surface area contributed by atoms with Crippen molar-refractivity contribution in [3.63, 3.8) is 0 Å². The predicted octanol–water partition coefficient (Wildman–Crippen LogP) is 3.86. The summed E-state index contributed by atoms with van der Waals surface area (Å²) < 4.78 is 7.45. The van der Waals surface area contributed by atoms with Crippen LogP contribution in [0, 0.1) is 5.41 Å². The third-order valence-electron chi connectivity index (χ3n) is 5.15.